The van der Waals surface area contributed by atoms with Gasteiger partial charge in [-0.05, 0) is 58.9 Å². The average Bonchev–Trinajstić information content (AvgIpc) is 3.46. The fourth-order valence-corrected chi connectivity index (χ4v) is 8.86. The second kappa shape index (κ2) is 16.3. The Morgan fingerprint density at radius 1 is 0.808 bits per heavy atom. The van der Waals surface area contributed by atoms with Crippen LogP contribution in [0.5, 0.6) is 0 Å². The summed E-state index contributed by atoms with van der Waals surface area (Å²) in [6.07, 6.45) is 13.1. The normalized spacial score (nSPS) is 14.2. The van der Waals surface area contributed by atoms with Gasteiger partial charge in [-0.3, -0.25) is 0 Å². The number of pyridine rings is 3. The van der Waals surface area contributed by atoms with Crippen LogP contribution in [0.1, 0.15) is 90.5 Å². The monoisotopic (exact) mass is 886 g/mol. The molecule has 4 nitrogen and oxygen atoms in total. The van der Waals surface area contributed by atoms with Crippen LogP contribution in [-0.4, -0.2) is 23.0 Å². The molecule has 4 aromatic heterocycles. The molecule has 1 saturated carbocycles. The molecule has 4 heterocycles. The molecule has 1 fully saturated rings. The average molecular weight is 886 g/mol. The van der Waals surface area contributed by atoms with E-state index >= 15 is 0 Å². The smallest absolute Gasteiger partial charge is 0.216 e. The molecule has 0 atom stereocenters. The molecule has 0 N–H and O–H groups in total. The molecule has 0 unspecified atom stereocenters. The summed E-state index contributed by atoms with van der Waals surface area (Å²) < 4.78 is 6.28. The fraction of sp³-hybridized carbons (Fsp3) is 0.413. The second-order valence-electron chi connectivity index (χ2n) is 17.7. The molecule has 0 saturated heterocycles. The Labute approximate surface area is 326 Å². The van der Waals surface area contributed by atoms with Crippen molar-refractivity contribution in [1.82, 2.24) is 15.0 Å². The first-order valence-corrected chi connectivity index (χ1v) is 22.3. The Bertz CT molecular complexity index is 2100. The molecule has 0 aliphatic heterocycles. The third kappa shape index (κ3) is 9.75. The van der Waals surface area contributed by atoms with E-state index in [1.807, 2.05) is 30.5 Å². The predicted octanol–water partition coefficient (Wildman–Crippen LogP) is 11.9. The number of hydrogen-bond donors (Lipinski definition) is 0. The fourth-order valence-electron chi connectivity index (χ4n) is 7.28. The van der Waals surface area contributed by atoms with Gasteiger partial charge in [-0.15, -0.1) is 54.1 Å². The van der Waals surface area contributed by atoms with Crippen molar-refractivity contribution in [2.45, 2.75) is 112 Å². The van der Waals surface area contributed by atoms with Crippen LogP contribution in [0.2, 0.25) is 19.6 Å². The van der Waals surface area contributed by atoms with Gasteiger partial charge in [0.05, 0.1) is 13.7 Å². The van der Waals surface area contributed by atoms with Crippen LogP contribution in [0, 0.1) is 23.5 Å². The molecule has 0 spiro atoms. The molecule has 1 aliphatic rings. The van der Waals surface area contributed by atoms with Gasteiger partial charge in [-0.25, -0.2) is 4.98 Å². The zero-order chi connectivity index (χ0) is 36.4. The van der Waals surface area contributed by atoms with Crippen molar-refractivity contribution in [1.29, 1.82) is 0 Å². The minimum absolute atomic E-state index is 0. The van der Waals surface area contributed by atoms with Gasteiger partial charge < -0.3 is 14.4 Å². The summed E-state index contributed by atoms with van der Waals surface area (Å²) in [7, 11) is -1.37. The van der Waals surface area contributed by atoms with E-state index in [-0.39, 0.29) is 30.9 Å². The third-order valence-electron chi connectivity index (χ3n) is 9.90. The number of fused-ring (bicyclic) bond motifs is 3. The van der Waals surface area contributed by atoms with Crippen LogP contribution < -0.4 is 5.19 Å². The molecule has 0 amide bonds. The molecule has 275 valence electrons. The Kier molecular flexibility index (Phi) is 12.5. The van der Waals surface area contributed by atoms with Crippen molar-refractivity contribution < 1.29 is 24.5 Å². The van der Waals surface area contributed by atoms with Gasteiger partial charge in [-0.1, -0.05) is 127 Å². The van der Waals surface area contributed by atoms with Crippen molar-refractivity contribution in [2.24, 2.45) is 11.3 Å². The Hall–Kier alpha value is -3.44. The molecular weight excluding hydrogens is 831 g/mol. The van der Waals surface area contributed by atoms with Crippen LogP contribution in [0.4, 0.5) is 0 Å². The SMILES string of the molecule is CC(C)(C)Cc1cc(-c2[c-]cccc2)ncc1[Si](C)(C)C.CC(C)(C)c1ccc2c(n1)oc1c(-c3cc(CC4CCCCC4)ccn3)[c-]ccc12.[Ir]. The van der Waals surface area contributed by atoms with Gasteiger partial charge in [0.25, 0.3) is 0 Å². The molecule has 1 radical (unpaired) electrons. The first-order chi connectivity index (χ1) is 24.2. The number of aromatic nitrogens is 3. The van der Waals surface area contributed by atoms with Gasteiger partial charge in [0.15, 0.2) is 0 Å². The van der Waals surface area contributed by atoms with Gasteiger partial charge >= 0.3 is 0 Å². The maximum absolute atomic E-state index is 6.28. The van der Waals surface area contributed by atoms with E-state index in [0.29, 0.717) is 5.71 Å². The number of benzene rings is 2. The van der Waals surface area contributed by atoms with E-state index in [9.17, 15) is 0 Å². The van der Waals surface area contributed by atoms with Gasteiger partial charge in [-0.2, -0.15) is 0 Å². The maximum Gasteiger partial charge on any atom is 0.216 e. The van der Waals surface area contributed by atoms with Crippen LogP contribution in [-0.2, 0) is 38.4 Å². The summed E-state index contributed by atoms with van der Waals surface area (Å²) in [6.45, 7) is 20.6. The molecule has 6 heteroatoms. The number of rotatable bonds is 6. The van der Waals surface area contributed by atoms with Crippen molar-refractivity contribution in [3.8, 4) is 22.5 Å². The Morgan fingerprint density at radius 3 is 2.25 bits per heavy atom. The van der Waals surface area contributed by atoms with Crippen molar-refractivity contribution >= 4 is 35.3 Å². The summed E-state index contributed by atoms with van der Waals surface area (Å²) >= 11 is 0. The molecule has 0 bridgehead atoms. The molecular formula is C46H55IrN3OSi-2. The summed E-state index contributed by atoms with van der Waals surface area (Å²) in [5.74, 6) is 0.806. The van der Waals surface area contributed by atoms with Crippen LogP contribution >= 0.6 is 0 Å². The molecule has 2 aromatic carbocycles. The van der Waals surface area contributed by atoms with Crippen molar-refractivity contribution in [3.63, 3.8) is 0 Å². The quantitative estimate of drug-likeness (QED) is 0.124. The topological polar surface area (TPSA) is 51.8 Å². The Morgan fingerprint density at radius 2 is 1.58 bits per heavy atom. The van der Waals surface area contributed by atoms with Crippen LogP contribution in [0.3, 0.4) is 0 Å². The van der Waals surface area contributed by atoms with Gasteiger partial charge in [0.2, 0.25) is 5.71 Å². The largest absolute Gasteiger partial charge is 0.486 e. The van der Waals surface area contributed by atoms with Crippen molar-refractivity contribution in [3.05, 3.63) is 108 Å². The van der Waals surface area contributed by atoms with Crippen molar-refractivity contribution in [2.75, 3.05) is 0 Å². The number of nitrogens with zero attached hydrogens (tertiary/aromatic N) is 3. The summed E-state index contributed by atoms with van der Waals surface area (Å²) in [5, 5.41) is 3.61. The van der Waals surface area contributed by atoms with E-state index in [1.54, 1.807) is 0 Å². The van der Waals surface area contributed by atoms with E-state index in [0.717, 1.165) is 63.3 Å². The van der Waals surface area contributed by atoms with E-state index in [1.165, 1.54) is 48.4 Å². The predicted molar refractivity (Wildman–Crippen MR) is 217 cm³/mol. The third-order valence-corrected chi connectivity index (χ3v) is 12.0. The zero-order valence-corrected chi connectivity index (χ0v) is 36.0. The minimum atomic E-state index is -1.37. The first kappa shape index (κ1) is 39.8. The second-order valence-corrected chi connectivity index (χ2v) is 22.8. The summed E-state index contributed by atoms with van der Waals surface area (Å²) in [5.41, 5.74) is 9.62. The minimum Gasteiger partial charge on any atom is -0.486 e. The summed E-state index contributed by atoms with van der Waals surface area (Å²) in [6, 6.07) is 29.7. The van der Waals surface area contributed by atoms with E-state index in [4.69, 9.17) is 14.4 Å². The Balaban J connectivity index is 0.000000210. The van der Waals surface area contributed by atoms with Crippen LogP contribution in [0.15, 0.2) is 83.5 Å². The molecule has 52 heavy (non-hydrogen) atoms. The summed E-state index contributed by atoms with van der Waals surface area (Å²) in [4.78, 5) is 14.2. The van der Waals surface area contributed by atoms with Crippen LogP contribution in [0.25, 0.3) is 44.6 Å². The molecule has 1 aliphatic carbocycles. The maximum atomic E-state index is 6.28. The van der Waals surface area contributed by atoms with Gasteiger partial charge in [0.1, 0.15) is 0 Å². The molecule has 6 aromatic rings. The van der Waals surface area contributed by atoms with Gasteiger partial charge in [0, 0.05) is 49.0 Å². The zero-order valence-electron chi connectivity index (χ0n) is 32.6. The first-order valence-electron chi connectivity index (χ1n) is 18.8. The number of furan rings is 1. The molecule has 7 rings (SSSR count). The van der Waals surface area contributed by atoms with E-state index < -0.39 is 8.07 Å². The van der Waals surface area contributed by atoms with E-state index in [2.05, 4.69) is 127 Å². The standard InChI is InChI=1S/C27H29N2O.C19H26NSi.Ir/c1-27(2,3)24-13-12-21-20-10-7-11-22(25(20)30-26(21)29-24)23-17-19(14-15-28-23)16-18-8-5-4-6-9-18;1-19(2,3)13-16-12-17(15-10-8-7-9-11-15)20-14-18(16)21(4,5)6;/h7,10,12-15,17-18H,4-6,8-9,16H2,1-3H3;7-10,12,14H,13H2,1-6H3;/q2*-1;. The number of hydrogen-bond acceptors (Lipinski definition) is 4.